The van der Waals surface area contributed by atoms with Gasteiger partial charge in [-0.2, -0.15) is 4.31 Å². The van der Waals surface area contributed by atoms with Crippen molar-refractivity contribution in [2.75, 3.05) is 26.2 Å². The predicted molar refractivity (Wildman–Crippen MR) is 101 cm³/mol. The number of halogens is 2. The lowest BCUT2D eigenvalue weighted by atomic mass is 10.2. The molecule has 156 valence electrons. The zero-order valence-corrected chi connectivity index (χ0v) is 16.8. The van der Waals surface area contributed by atoms with Crippen molar-refractivity contribution >= 4 is 15.9 Å². The Morgan fingerprint density at radius 1 is 1.07 bits per heavy atom. The van der Waals surface area contributed by atoms with Crippen molar-refractivity contribution in [1.82, 2.24) is 14.2 Å². The highest BCUT2D eigenvalue weighted by Gasteiger charge is 2.34. The molecule has 0 N–H and O–H groups in total. The van der Waals surface area contributed by atoms with Crippen LogP contribution >= 0.6 is 0 Å². The van der Waals surface area contributed by atoms with Crippen molar-refractivity contribution in [2.24, 2.45) is 0 Å². The quantitative estimate of drug-likeness (QED) is 0.735. The van der Waals surface area contributed by atoms with Crippen LogP contribution in [0.3, 0.4) is 0 Å². The SMILES string of the molecule is CC(C)Oc1ccc(C(=O)N2CCN(S(=O)(=O)c3c(F)cccc3F)CC2)cn1. The van der Waals surface area contributed by atoms with Gasteiger partial charge in [0.25, 0.3) is 5.91 Å². The van der Waals surface area contributed by atoms with E-state index in [9.17, 15) is 22.0 Å². The van der Waals surface area contributed by atoms with E-state index < -0.39 is 26.6 Å². The molecule has 0 atom stereocenters. The molecule has 0 saturated carbocycles. The molecule has 0 bridgehead atoms. The third-order valence-electron chi connectivity index (χ3n) is 4.38. The standard InChI is InChI=1S/C19H21F2N3O4S/c1-13(2)28-17-7-6-14(12-22-17)19(25)23-8-10-24(11-9-23)29(26,27)18-15(20)4-3-5-16(18)21/h3-7,12-13H,8-11H2,1-2H3. The Hall–Kier alpha value is -2.59. The number of hydrogen-bond acceptors (Lipinski definition) is 5. The van der Waals surface area contributed by atoms with Crippen LogP contribution < -0.4 is 4.74 Å². The number of carbonyl (C=O) groups is 1. The largest absolute Gasteiger partial charge is 0.475 e. The fourth-order valence-corrected chi connectivity index (χ4v) is 4.52. The molecule has 7 nitrogen and oxygen atoms in total. The van der Waals surface area contributed by atoms with E-state index in [0.717, 1.165) is 22.5 Å². The number of ether oxygens (including phenoxy) is 1. The highest BCUT2D eigenvalue weighted by molar-refractivity contribution is 7.89. The van der Waals surface area contributed by atoms with Crippen LogP contribution in [0.25, 0.3) is 0 Å². The van der Waals surface area contributed by atoms with Gasteiger partial charge in [-0.05, 0) is 32.0 Å². The molecule has 0 aliphatic carbocycles. The number of benzene rings is 1. The zero-order valence-electron chi connectivity index (χ0n) is 16.0. The molecule has 10 heteroatoms. The van der Waals surface area contributed by atoms with Gasteiger partial charge in [0.2, 0.25) is 15.9 Å². The Morgan fingerprint density at radius 3 is 2.21 bits per heavy atom. The van der Waals surface area contributed by atoms with Gasteiger partial charge in [-0.1, -0.05) is 6.07 Å². The van der Waals surface area contributed by atoms with Crippen LogP contribution in [0.2, 0.25) is 0 Å². The summed E-state index contributed by atoms with van der Waals surface area (Å²) in [4.78, 5) is 17.2. The minimum Gasteiger partial charge on any atom is -0.475 e. The van der Waals surface area contributed by atoms with Gasteiger partial charge in [-0.15, -0.1) is 0 Å². The van der Waals surface area contributed by atoms with Crippen LogP contribution in [0.15, 0.2) is 41.4 Å². The molecule has 1 aliphatic rings. The fraction of sp³-hybridized carbons (Fsp3) is 0.368. The van der Waals surface area contributed by atoms with Crippen LogP contribution in [-0.2, 0) is 10.0 Å². The molecule has 1 saturated heterocycles. The molecule has 29 heavy (non-hydrogen) atoms. The number of aromatic nitrogens is 1. The summed E-state index contributed by atoms with van der Waals surface area (Å²) in [6.45, 7) is 3.79. The summed E-state index contributed by atoms with van der Waals surface area (Å²) in [6.07, 6.45) is 1.36. The minimum atomic E-state index is -4.34. The van der Waals surface area contributed by atoms with Crippen molar-refractivity contribution in [3.63, 3.8) is 0 Å². The van der Waals surface area contributed by atoms with Crippen LogP contribution in [0, 0.1) is 11.6 Å². The Labute approximate surface area is 168 Å². The number of sulfonamides is 1. The second-order valence-corrected chi connectivity index (χ2v) is 8.67. The molecular formula is C19H21F2N3O4S. The molecular weight excluding hydrogens is 404 g/mol. The smallest absolute Gasteiger partial charge is 0.255 e. The summed E-state index contributed by atoms with van der Waals surface area (Å²) in [5.74, 6) is -2.18. The average Bonchev–Trinajstić information content (AvgIpc) is 2.67. The van der Waals surface area contributed by atoms with E-state index in [4.69, 9.17) is 4.74 Å². The first kappa shape index (κ1) is 21.1. The second-order valence-electron chi connectivity index (χ2n) is 6.80. The number of hydrogen-bond donors (Lipinski definition) is 0. The van der Waals surface area contributed by atoms with Gasteiger partial charge in [0.05, 0.1) is 11.7 Å². The molecule has 2 aromatic rings. The van der Waals surface area contributed by atoms with E-state index in [1.807, 2.05) is 13.8 Å². The number of carbonyl (C=O) groups excluding carboxylic acids is 1. The summed E-state index contributed by atoms with van der Waals surface area (Å²) in [6, 6.07) is 6.08. The Balaban J connectivity index is 1.68. The van der Waals surface area contributed by atoms with Gasteiger partial charge in [0, 0.05) is 38.4 Å². The number of amides is 1. The highest BCUT2D eigenvalue weighted by atomic mass is 32.2. The first-order valence-corrected chi connectivity index (χ1v) is 10.5. The van der Waals surface area contributed by atoms with Crippen molar-refractivity contribution in [2.45, 2.75) is 24.8 Å². The van der Waals surface area contributed by atoms with Crippen molar-refractivity contribution in [3.05, 3.63) is 53.7 Å². The van der Waals surface area contributed by atoms with Gasteiger partial charge in [-0.25, -0.2) is 22.2 Å². The third kappa shape index (κ3) is 4.54. The molecule has 2 heterocycles. The van der Waals surface area contributed by atoms with Crippen molar-refractivity contribution < 1.29 is 26.7 Å². The maximum absolute atomic E-state index is 13.9. The summed E-state index contributed by atoms with van der Waals surface area (Å²) in [5.41, 5.74) is 0.345. The number of rotatable bonds is 5. The van der Waals surface area contributed by atoms with Crippen LogP contribution in [0.4, 0.5) is 8.78 Å². The molecule has 1 aromatic carbocycles. The normalized spacial score (nSPS) is 15.6. The first-order valence-electron chi connectivity index (χ1n) is 9.06. The number of nitrogens with zero attached hydrogens (tertiary/aromatic N) is 3. The Bertz CT molecular complexity index is 969. The highest BCUT2D eigenvalue weighted by Crippen LogP contribution is 2.24. The molecule has 1 fully saturated rings. The minimum absolute atomic E-state index is 0.0432. The lowest BCUT2D eigenvalue weighted by Gasteiger charge is -2.34. The van der Waals surface area contributed by atoms with Gasteiger partial charge in [0.1, 0.15) is 11.6 Å². The lowest BCUT2D eigenvalue weighted by molar-refractivity contribution is 0.0697. The van der Waals surface area contributed by atoms with Crippen LogP contribution in [-0.4, -0.2) is 60.8 Å². The number of pyridine rings is 1. The van der Waals surface area contributed by atoms with Gasteiger partial charge in [0.15, 0.2) is 4.90 Å². The molecule has 1 aromatic heterocycles. The molecule has 1 aliphatic heterocycles. The lowest BCUT2D eigenvalue weighted by Crippen LogP contribution is -2.50. The summed E-state index contributed by atoms with van der Waals surface area (Å²) in [5, 5.41) is 0. The molecule has 0 spiro atoms. The van der Waals surface area contributed by atoms with E-state index in [1.54, 1.807) is 12.1 Å². The van der Waals surface area contributed by atoms with E-state index in [2.05, 4.69) is 4.98 Å². The third-order valence-corrected chi connectivity index (χ3v) is 6.33. The maximum atomic E-state index is 13.9. The van der Waals surface area contributed by atoms with Gasteiger partial charge in [-0.3, -0.25) is 4.79 Å². The zero-order chi connectivity index (χ0) is 21.2. The monoisotopic (exact) mass is 425 g/mol. The summed E-state index contributed by atoms with van der Waals surface area (Å²) >= 11 is 0. The summed E-state index contributed by atoms with van der Waals surface area (Å²) in [7, 11) is -4.34. The maximum Gasteiger partial charge on any atom is 0.255 e. The van der Waals surface area contributed by atoms with Gasteiger partial charge >= 0.3 is 0 Å². The number of piperazine rings is 1. The summed E-state index contributed by atoms with van der Waals surface area (Å²) < 4.78 is 59.5. The van der Waals surface area contributed by atoms with Crippen LogP contribution in [0.1, 0.15) is 24.2 Å². The molecule has 0 radical (unpaired) electrons. The topological polar surface area (TPSA) is 79.8 Å². The van der Waals surface area contributed by atoms with Gasteiger partial charge < -0.3 is 9.64 Å². The van der Waals surface area contributed by atoms with E-state index >= 15 is 0 Å². The Morgan fingerprint density at radius 2 is 1.69 bits per heavy atom. The predicted octanol–water partition coefficient (Wildman–Crippen LogP) is 2.29. The van der Waals surface area contributed by atoms with Crippen molar-refractivity contribution in [3.8, 4) is 5.88 Å². The van der Waals surface area contributed by atoms with E-state index in [1.165, 1.54) is 11.1 Å². The first-order chi connectivity index (χ1) is 13.7. The van der Waals surface area contributed by atoms with E-state index in [-0.39, 0.29) is 38.2 Å². The average molecular weight is 425 g/mol. The Kier molecular flexibility index (Phi) is 6.13. The molecule has 0 unspecified atom stereocenters. The molecule has 1 amide bonds. The molecule has 3 rings (SSSR count). The fourth-order valence-electron chi connectivity index (χ4n) is 2.99. The van der Waals surface area contributed by atoms with Crippen molar-refractivity contribution in [1.29, 1.82) is 0 Å². The second kappa shape index (κ2) is 8.42. The van der Waals surface area contributed by atoms with Crippen LogP contribution in [0.5, 0.6) is 5.88 Å². The van der Waals surface area contributed by atoms with E-state index in [0.29, 0.717) is 11.4 Å².